The molecule has 0 radical (unpaired) electrons. The van der Waals surface area contributed by atoms with Crippen LogP contribution in [0.2, 0.25) is 0 Å². The van der Waals surface area contributed by atoms with E-state index in [2.05, 4.69) is 5.32 Å². The third kappa shape index (κ3) is 4.87. The number of anilines is 1. The highest BCUT2D eigenvalue weighted by Crippen LogP contribution is 2.17. The second kappa shape index (κ2) is 7.09. The maximum absolute atomic E-state index is 13.6. The lowest BCUT2D eigenvalue weighted by atomic mass is 10.1. The summed E-state index contributed by atoms with van der Waals surface area (Å²) in [5.41, 5.74) is 5.87. The minimum atomic E-state index is -0.394. The van der Waals surface area contributed by atoms with Crippen LogP contribution in [0, 0.1) is 5.82 Å². The number of hydrogen-bond donors (Lipinski definition) is 2. The van der Waals surface area contributed by atoms with E-state index in [1.807, 2.05) is 13.8 Å². The van der Waals surface area contributed by atoms with E-state index in [1.54, 1.807) is 30.1 Å². The number of carbonyl (C=O) groups is 1. The summed E-state index contributed by atoms with van der Waals surface area (Å²) in [6, 6.07) is 6.35. The molecule has 0 fully saturated rings. The minimum Gasteiger partial charge on any atom is -0.372 e. The zero-order valence-electron chi connectivity index (χ0n) is 11.7. The van der Waals surface area contributed by atoms with Crippen LogP contribution >= 0.6 is 0 Å². The lowest BCUT2D eigenvalue weighted by Gasteiger charge is -2.24. The third-order valence-corrected chi connectivity index (χ3v) is 2.89. The Kier molecular flexibility index (Phi) is 5.76. The number of benzene rings is 1. The normalized spacial score (nSPS) is 12.5. The summed E-state index contributed by atoms with van der Waals surface area (Å²) in [7, 11) is 1.80. The fourth-order valence-electron chi connectivity index (χ4n) is 1.91. The minimum absolute atomic E-state index is 0.177. The molecule has 0 spiro atoms. The summed E-state index contributed by atoms with van der Waals surface area (Å²) in [6.45, 7) is 4.46. The van der Waals surface area contributed by atoms with E-state index < -0.39 is 6.04 Å². The summed E-state index contributed by atoms with van der Waals surface area (Å²) in [4.78, 5) is 13.1. The molecular formula is C14H22FN3O. The molecule has 0 heterocycles. The molecule has 0 bridgehead atoms. The van der Waals surface area contributed by atoms with Crippen molar-refractivity contribution in [2.45, 2.75) is 32.4 Å². The van der Waals surface area contributed by atoms with Crippen LogP contribution in [-0.4, -0.2) is 31.6 Å². The number of nitrogens with two attached hydrogens (primary N) is 1. The van der Waals surface area contributed by atoms with Crippen LogP contribution in [0.1, 0.15) is 20.3 Å². The van der Waals surface area contributed by atoms with Crippen LogP contribution < -0.4 is 16.0 Å². The van der Waals surface area contributed by atoms with Gasteiger partial charge in [-0.2, -0.15) is 0 Å². The molecule has 0 aromatic heterocycles. The maximum atomic E-state index is 13.6. The molecule has 4 nitrogen and oxygen atoms in total. The van der Waals surface area contributed by atoms with Gasteiger partial charge in [0.2, 0.25) is 5.91 Å². The molecule has 1 aromatic rings. The van der Waals surface area contributed by atoms with Crippen molar-refractivity contribution < 1.29 is 9.18 Å². The van der Waals surface area contributed by atoms with E-state index in [-0.39, 0.29) is 17.8 Å². The monoisotopic (exact) mass is 267 g/mol. The van der Waals surface area contributed by atoms with Gasteiger partial charge in [0.15, 0.2) is 0 Å². The number of amides is 1. The van der Waals surface area contributed by atoms with Gasteiger partial charge in [-0.1, -0.05) is 26.0 Å². The first-order valence-electron chi connectivity index (χ1n) is 6.43. The molecule has 0 saturated carbocycles. The van der Waals surface area contributed by atoms with Crippen molar-refractivity contribution >= 4 is 11.6 Å². The summed E-state index contributed by atoms with van der Waals surface area (Å²) in [5, 5.41) is 3.11. The van der Waals surface area contributed by atoms with Gasteiger partial charge in [-0.25, -0.2) is 4.39 Å². The summed E-state index contributed by atoms with van der Waals surface area (Å²) in [5.74, 6) is -0.645. The first-order chi connectivity index (χ1) is 8.91. The molecule has 106 valence electrons. The van der Waals surface area contributed by atoms with Crippen LogP contribution in [0.3, 0.4) is 0 Å². The van der Waals surface area contributed by atoms with Crippen molar-refractivity contribution in [1.29, 1.82) is 0 Å². The Morgan fingerprint density at radius 1 is 1.42 bits per heavy atom. The van der Waals surface area contributed by atoms with Gasteiger partial charge in [-0.05, 0) is 18.6 Å². The van der Waals surface area contributed by atoms with E-state index in [4.69, 9.17) is 5.73 Å². The van der Waals surface area contributed by atoms with Gasteiger partial charge in [0.25, 0.3) is 0 Å². The first kappa shape index (κ1) is 15.4. The molecule has 5 heteroatoms. The summed E-state index contributed by atoms with van der Waals surface area (Å²) >= 11 is 0. The number of nitrogens with one attached hydrogen (secondary N) is 1. The molecule has 1 unspecified atom stereocenters. The van der Waals surface area contributed by atoms with Gasteiger partial charge >= 0.3 is 0 Å². The van der Waals surface area contributed by atoms with Crippen LogP contribution in [0.25, 0.3) is 0 Å². The lowest BCUT2D eigenvalue weighted by molar-refractivity contribution is -0.120. The van der Waals surface area contributed by atoms with Crippen molar-refractivity contribution in [1.82, 2.24) is 5.32 Å². The molecule has 1 aromatic carbocycles. The fraction of sp³-hybridized carbons (Fsp3) is 0.500. The second-order valence-corrected chi connectivity index (χ2v) is 4.94. The van der Waals surface area contributed by atoms with E-state index in [9.17, 15) is 9.18 Å². The molecule has 0 saturated heterocycles. The number of nitrogens with zero attached hydrogens (tertiary/aromatic N) is 1. The Hall–Kier alpha value is -1.62. The van der Waals surface area contributed by atoms with Crippen LogP contribution in [0.5, 0.6) is 0 Å². The predicted molar refractivity (Wildman–Crippen MR) is 75.5 cm³/mol. The molecule has 0 aliphatic rings. The zero-order chi connectivity index (χ0) is 14.4. The highest BCUT2D eigenvalue weighted by Gasteiger charge is 2.17. The van der Waals surface area contributed by atoms with E-state index in [1.165, 1.54) is 6.07 Å². The summed E-state index contributed by atoms with van der Waals surface area (Å²) in [6.07, 6.45) is 0.540. The highest BCUT2D eigenvalue weighted by atomic mass is 19.1. The van der Waals surface area contributed by atoms with E-state index >= 15 is 0 Å². The Morgan fingerprint density at radius 3 is 2.58 bits per heavy atom. The third-order valence-electron chi connectivity index (χ3n) is 2.89. The quantitative estimate of drug-likeness (QED) is 0.787. The average Bonchev–Trinajstić information content (AvgIpc) is 2.34. The van der Waals surface area contributed by atoms with E-state index in [0.717, 1.165) is 0 Å². The number of para-hydroxylation sites is 1. The number of halogens is 1. The van der Waals surface area contributed by atoms with Gasteiger partial charge in [0.1, 0.15) is 5.82 Å². The summed E-state index contributed by atoms with van der Waals surface area (Å²) < 4.78 is 13.6. The van der Waals surface area contributed by atoms with Crippen molar-refractivity contribution in [2.75, 3.05) is 18.5 Å². The molecule has 1 atom stereocenters. The second-order valence-electron chi connectivity index (χ2n) is 4.94. The average molecular weight is 267 g/mol. The largest absolute Gasteiger partial charge is 0.372 e. The first-order valence-corrected chi connectivity index (χ1v) is 6.43. The molecule has 1 amide bonds. The fourth-order valence-corrected chi connectivity index (χ4v) is 1.91. The van der Waals surface area contributed by atoms with Crippen molar-refractivity contribution in [3.05, 3.63) is 30.1 Å². The molecule has 1 rings (SSSR count). The maximum Gasteiger partial charge on any atom is 0.234 e. The molecule has 0 aliphatic heterocycles. The zero-order valence-corrected chi connectivity index (χ0v) is 11.7. The number of primary amides is 1. The van der Waals surface area contributed by atoms with Gasteiger partial charge in [0.05, 0.1) is 11.7 Å². The van der Waals surface area contributed by atoms with Crippen LogP contribution in [0.4, 0.5) is 10.1 Å². The Balaban J connectivity index is 2.59. The predicted octanol–water partition coefficient (Wildman–Crippen LogP) is 1.50. The van der Waals surface area contributed by atoms with Crippen molar-refractivity contribution in [3.8, 4) is 0 Å². The molecular weight excluding hydrogens is 245 g/mol. The van der Waals surface area contributed by atoms with Gasteiger partial charge in [-0.3, -0.25) is 4.79 Å². The molecule has 19 heavy (non-hydrogen) atoms. The van der Waals surface area contributed by atoms with Gasteiger partial charge in [0, 0.05) is 19.6 Å². The topological polar surface area (TPSA) is 58.4 Å². The van der Waals surface area contributed by atoms with Crippen molar-refractivity contribution in [2.24, 2.45) is 5.73 Å². The smallest absolute Gasteiger partial charge is 0.234 e. The SMILES string of the molecule is CC(C)NC(CCN(C)c1ccccc1F)C(N)=O. The molecule has 0 aliphatic carbocycles. The Labute approximate surface area is 113 Å². The number of rotatable bonds is 7. The van der Waals surface area contributed by atoms with Gasteiger partial charge < -0.3 is 16.0 Å². The Morgan fingerprint density at radius 2 is 2.05 bits per heavy atom. The lowest BCUT2D eigenvalue weighted by Crippen LogP contribution is -2.46. The van der Waals surface area contributed by atoms with E-state index in [0.29, 0.717) is 18.7 Å². The standard InChI is InChI=1S/C14H22FN3O/c1-10(2)17-12(14(16)19)8-9-18(3)13-7-5-4-6-11(13)15/h4-7,10,12,17H,8-9H2,1-3H3,(H2,16,19). The highest BCUT2D eigenvalue weighted by molar-refractivity contribution is 5.79. The number of carbonyl (C=O) groups excluding carboxylic acids is 1. The van der Waals surface area contributed by atoms with Gasteiger partial charge in [-0.15, -0.1) is 0 Å². The van der Waals surface area contributed by atoms with Crippen LogP contribution in [-0.2, 0) is 4.79 Å². The Bertz CT molecular complexity index is 423. The molecule has 3 N–H and O–H groups in total. The number of hydrogen-bond acceptors (Lipinski definition) is 3. The van der Waals surface area contributed by atoms with Crippen LogP contribution in [0.15, 0.2) is 24.3 Å². The van der Waals surface area contributed by atoms with Crippen molar-refractivity contribution in [3.63, 3.8) is 0 Å².